The highest BCUT2D eigenvalue weighted by Gasteiger charge is 2.51. The molecule has 2 aliphatic rings. The van der Waals surface area contributed by atoms with E-state index in [0.29, 0.717) is 5.91 Å². The van der Waals surface area contributed by atoms with Gasteiger partial charge in [0.2, 0.25) is 5.91 Å². The van der Waals surface area contributed by atoms with Crippen molar-refractivity contribution in [2.75, 3.05) is 13.1 Å². The zero-order valence-corrected chi connectivity index (χ0v) is 16.6. The lowest BCUT2D eigenvalue weighted by Gasteiger charge is -2.48. The fourth-order valence-electron chi connectivity index (χ4n) is 4.87. The second-order valence-electron chi connectivity index (χ2n) is 8.29. The van der Waals surface area contributed by atoms with Crippen LogP contribution in [-0.4, -0.2) is 38.7 Å². The Morgan fingerprint density at radius 1 is 1.18 bits per heavy atom. The molecular weight excluding hydrogens is 348 g/mol. The van der Waals surface area contributed by atoms with Crippen molar-refractivity contribution in [3.8, 4) is 11.3 Å². The van der Waals surface area contributed by atoms with E-state index in [2.05, 4.69) is 46.6 Å². The Hall–Kier alpha value is -2.69. The molecule has 2 aromatic heterocycles. The summed E-state index contributed by atoms with van der Waals surface area (Å²) < 4.78 is 2.14. The molecule has 1 aromatic carbocycles. The van der Waals surface area contributed by atoms with Crippen LogP contribution in [-0.2, 0) is 16.8 Å². The van der Waals surface area contributed by atoms with Crippen molar-refractivity contribution in [3.05, 3.63) is 48.3 Å². The van der Waals surface area contributed by atoms with Gasteiger partial charge in [-0.2, -0.15) is 5.10 Å². The highest BCUT2D eigenvalue weighted by atomic mass is 16.2. The number of likely N-dealkylation sites (tertiary alicyclic amines) is 1. The molecule has 1 spiro atoms. The van der Waals surface area contributed by atoms with Crippen molar-refractivity contribution in [1.29, 1.82) is 0 Å². The van der Waals surface area contributed by atoms with Gasteiger partial charge >= 0.3 is 0 Å². The van der Waals surface area contributed by atoms with Gasteiger partial charge in [-0.3, -0.25) is 14.5 Å². The maximum Gasteiger partial charge on any atom is 0.225 e. The van der Waals surface area contributed by atoms with Crippen LogP contribution in [0.5, 0.6) is 0 Å². The molecule has 1 saturated heterocycles. The van der Waals surface area contributed by atoms with E-state index in [4.69, 9.17) is 5.10 Å². The first-order valence-electron chi connectivity index (χ1n) is 10.4. The number of carbonyl (C=O) groups excluding carboxylic acids is 1. The number of para-hydroxylation sites is 1. The van der Waals surface area contributed by atoms with Crippen LogP contribution in [0.15, 0.2) is 42.6 Å². The van der Waals surface area contributed by atoms with Crippen molar-refractivity contribution in [3.63, 3.8) is 0 Å². The van der Waals surface area contributed by atoms with Gasteiger partial charge in [-0.25, -0.2) is 0 Å². The summed E-state index contributed by atoms with van der Waals surface area (Å²) in [5, 5.41) is 5.99. The van der Waals surface area contributed by atoms with Crippen LogP contribution in [0.4, 0.5) is 0 Å². The van der Waals surface area contributed by atoms with Gasteiger partial charge in [-0.15, -0.1) is 0 Å². The number of aryl methyl sites for hydroxylation is 1. The van der Waals surface area contributed by atoms with Gasteiger partial charge in [0.1, 0.15) is 0 Å². The summed E-state index contributed by atoms with van der Waals surface area (Å²) in [5.74, 6) is 0.496. The van der Waals surface area contributed by atoms with Crippen LogP contribution < -0.4 is 0 Å². The second-order valence-corrected chi connectivity index (χ2v) is 8.29. The predicted octanol–water partition coefficient (Wildman–Crippen LogP) is 4.02. The van der Waals surface area contributed by atoms with Crippen LogP contribution >= 0.6 is 0 Å². The first kappa shape index (κ1) is 17.4. The molecule has 5 heteroatoms. The molecule has 1 fully saturated rings. The summed E-state index contributed by atoms with van der Waals surface area (Å²) in [7, 11) is 0. The van der Waals surface area contributed by atoms with Crippen LogP contribution in [0, 0.1) is 5.92 Å². The molecule has 5 nitrogen and oxygen atoms in total. The molecule has 0 unspecified atom stereocenters. The lowest BCUT2D eigenvalue weighted by Crippen LogP contribution is -2.61. The maximum absolute atomic E-state index is 12.7. The Morgan fingerprint density at radius 2 is 1.96 bits per heavy atom. The number of rotatable bonds is 4. The van der Waals surface area contributed by atoms with Crippen LogP contribution in [0.1, 0.15) is 38.8 Å². The lowest BCUT2D eigenvalue weighted by atomic mass is 9.75. The molecule has 0 aliphatic carbocycles. The molecule has 28 heavy (non-hydrogen) atoms. The number of hydrogen-bond acceptors (Lipinski definition) is 3. The second kappa shape index (κ2) is 6.43. The largest absolute Gasteiger partial charge is 0.340 e. The van der Waals surface area contributed by atoms with Gasteiger partial charge < -0.3 is 4.90 Å². The smallest absolute Gasteiger partial charge is 0.225 e. The Morgan fingerprint density at radius 3 is 2.75 bits per heavy atom. The average Bonchev–Trinajstić information content (AvgIpc) is 3.26. The Kier molecular flexibility index (Phi) is 4.00. The molecule has 144 valence electrons. The summed E-state index contributed by atoms with van der Waals surface area (Å²) in [4.78, 5) is 19.3. The van der Waals surface area contributed by atoms with E-state index >= 15 is 0 Å². The topological polar surface area (TPSA) is 51.0 Å². The fourth-order valence-corrected chi connectivity index (χ4v) is 4.87. The molecule has 0 saturated carbocycles. The zero-order chi connectivity index (χ0) is 19.3. The van der Waals surface area contributed by atoms with Crippen LogP contribution in [0.25, 0.3) is 22.2 Å². The summed E-state index contributed by atoms with van der Waals surface area (Å²) in [6.07, 6.45) is 4.85. The van der Waals surface area contributed by atoms with Gasteiger partial charge in [0.15, 0.2) is 0 Å². The van der Waals surface area contributed by atoms with E-state index in [1.165, 1.54) is 5.69 Å². The fraction of sp³-hybridized carbons (Fsp3) is 0.435. The standard InChI is InChI=1S/C23H26N4O/c1-3-16(4-2)22(28)26-14-23(15-26)9-10-27-21(23)12-20(25-27)18-11-17-7-5-6-8-19(17)24-13-18/h5-8,11-13,16H,3-4,9-10,14-15H2,1-2H3. The first-order chi connectivity index (χ1) is 13.6. The van der Waals surface area contributed by atoms with E-state index < -0.39 is 0 Å². The number of carbonyl (C=O) groups is 1. The minimum absolute atomic E-state index is 0.0945. The van der Waals surface area contributed by atoms with E-state index in [1.54, 1.807) is 0 Å². The number of benzene rings is 1. The quantitative estimate of drug-likeness (QED) is 0.693. The highest BCUT2D eigenvalue weighted by molar-refractivity contribution is 5.83. The van der Waals surface area contributed by atoms with Crippen molar-refractivity contribution in [1.82, 2.24) is 19.7 Å². The molecule has 3 aromatic rings. The molecule has 0 N–H and O–H groups in total. The average molecular weight is 374 g/mol. The number of nitrogens with zero attached hydrogens (tertiary/aromatic N) is 4. The maximum atomic E-state index is 12.7. The predicted molar refractivity (Wildman–Crippen MR) is 110 cm³/mol. The molecule has 2 aliphatic heterocycles. The summed E-state index contributed by atoms with van der Waals surface area (Å²) in [6.45, 7) is 6.82. The van der Waals surface area contributed by atoms with Crippen molar-refractivity contribution in [2.45, 2.75) is 45.1 Å². The van der Waals surface area contributed by atoms with Crippen molar-refractivity contribution in [2.24, 2.45) is 5.92 Å². The Bertz CT molecular complexity index is 1040. The molecule has 0 radical (unpaired) electrons. The third-order valence-corrected chi connectivity index (χ3v) is 6.65. The van der Waals surface area contributed by atoms with Crippen LogP contribution in [0.2, 0.25) is 0 Å². The minimum atomic E-state index is 0.0945. The normalized spacial score (nSPS) is 17.3. The Labute approximate surface area is 165 Å². The van der Waals surface area contributed by atoms with E-state index in [0.717, 1.165) is 61.1 Å². The molecule has 0 atom stereocenters. The molecule has 0 bridgehead atoms. The number of pyridine rings is 1. The number of hydrogen-bond donors (Lipinski definition) is 0. The van der Waals surface area contributed by atoms with Gasteiger partial charge in [-0.1, -0.05) is 32.0 Å². The van der Waals surface area contributed by atoms with E-state index in [9.17, 15) is 4.79 Å². The third-order valence-electron chi connectivity index (χ3n) is 6.65. The van der Waals surface area contributed by atoms with Crippen molar-refractivity contribution >= 4 is 16.8 Å². The zero-order valence-electron chi connectivity index (χ0n) is 16.6. The molecule has 1 amide bonds. The number of fused-ring (bicyclic) bond motifs is 3. The van der Waals surface area contributed by atoms with Crippen molar-refractivity contribution < 1.29 is 4.79 Å². The highest BCUT2D eigenvalue weighted by Crippen LogP contribution is 2.44. The van der Waals surface area contributed by atoms with Crippen LogP contribution in [0.3, 0.4) is 0 Å². The van der Waals surface area contributed by atoms with E-state index in [1.807, 2.05) is 24.4 Å². The molecular formula is C23H26N4O. The van der Waals surface area contributed by atoms with E-state index in [-0.39, 0.29) is 11.3 Å². The number of amides is 1. The first-order valence-corrected chi connectivity index (χ1v) is 10.4. The summed E-state index contributed by atoms with van der Waals surface area (Å²) in [5.41, 5.74) is 4.42. The molecule has 5 rings (SSSR count). The summed E-state index contributed by atoms with van der Waals surface area (Å²) >= 11 is 0. The lowest BCUT2D eigenvalue weighted by molar-refractivity contribution is -0.143. The summed E-state index contributed by atoms with van der Waals surface area (Å²) in [6, 6.07) is 12.5. The van der Waals surface area contributed by atoms with Gasteiger partial charge in [0.05, 0.1) is 11.2 Å². The van der Waals surface area contributed by atoms with Gasteiger partial charge in [0.25, 0.3) is 0 Å². The molecule has 4 heterocycles. The third kappa shape index (κ3) is 2.56. The van der Waals surface area contributed by atoms with Gasteiger partial charge in [0, 0.05) is 53.8 Å². The van der Waals surface area contributed by atoms with Gasteiger partial charge in [-0.05, 0) is 37.5 Å². The monoisotopic (exact) mass is 374 g/mol. The Balaban J connectivity index is 1.40. The minimum Gasteiger partial charge on any atom is -0.340 e. The number of aromatic nitrogens is 3. The SMILES string of the molecule is CCC(CC)C(=O)N1CC2(CCn3nc(-c4cnc5ccccc5c4)cc32)C1.